The van der Waals surface area contributed by atoms with Crippen molar-refractivity contribution in [1.82, 2.24) is 0 Å². The van der Waals surface area contributed by atoms with Crippen LogP contribution < -0.4 is 0 Å². The van der Waals surface area contributed by atoms with Gasteiger partial charge in [0.1, 0.15) is 0 Å². The molecule has 0 fully saturated rings. The van der Waals surface area contributed by atoms with Gasteiger partial charge in [-0.3, -0.25) is 0 Å². The van der Waals surface area contributed by atoms with Gasteiger partial charge in [0.2, 0.25) is 0 Å². The molecule has 0 N–H and O–H groups in total. The van der Waals surface area contributed by atoms with Gasteiger partial charge in [-0.1, -0.05) is 70.2 Å². The van der Waals surface area contributed by atoms with Crippen LogP contribution in [-0.4, -0.2) is 0 Å². The molecule has 0 saturated carbocycles. The van der Waals surface area contributed by atoms with E-state index in [-0.39, 0.29) is 0 Å². The molecule has 0 aromatic heterocycles. The van der Waals surface area contributed by atoms with Crippen LogP contribution in [0.25, 0.3) is 0 Å². The van der Waals surface area contributed by atoms with Crippen molar-refractivity contribution in [2.24, 2.45) is 11.8 Å². The lowest BCUT2D eigenvalue weighted by Gasteiger charge is -2.26. The predicted molar refractivity (Wildman–Crippen MR) is 68.0 cm³/mol. The van der Waals surface area contributed by atoms with Crippen LogP contribution in [0.3, 0.4) is 0 Å². The van der Waals surface area contributed by atoms with Crippen LogP contribution >= 0.6 is 0 Å². The molecule has 0 heteroatoms. The predicted octanol–water partition coefficient (Wildman–Crippen LogP) is 4.64. The van der Waals surface area contributed by atoms with Crippen molar-refractivity contribution < 1.29 is 0 Å². The van der Waals surface area contributed by atoms with E-state index in [4.69, 9.17) is 0 Å². The van der Waals surface area contributed by atoms with Gasteiger partial charge in [0.25, 0.3) is 0 Å². The molecule has 0 bridgehead atoms. The third-order valence-electron chi connectivity index (χ3n) is 2.97. The second kappa shape index (κ2) is 5.16. The third kappa shape index (κ3) is 2.95. The first-order valence-electron chi connectivity index (χ1n) is 5.77. The first-order chi connectivity index (χ1) is 7.04. The molecule has 0 nitrogen and oxygen atoms in total. The maximum Gasteiger partial charge on any atom is 0.00710 e. The number of hydrogen-bond donors (Lipinski definition) is 0. The highest BCUT2D eigenvalue weighted by molar-refractivity contribution is 5.29. The van der Waals surface area contributed by atoms with E-state index in [1.807, 2.05) is 0 Å². The Morgan fingerprint density at radius 3 is 1.93 bits per heavy atom. The van der Waals surface area contributed by atoms with E-state index >= 15 is 0 Å². The van der Waals surface area contributed by atoms with Crippen molar-refractivity contribution in [2.75, 3.05) is 0 Å². The molecule has 1 unspecified atom stereocenters. The van der Waals surface area contributed by atoms with E-state index in [1.54, 1.807) is 0 Å². The molecule has 82 valence electrons. The van der Waals surface area contributed by atoms with Crippen molar-refractivity contribution in [1.29, 1.82) is 0 Å². The first-order valence-corrected chi connectivity index (χ1v) is 5.77. The number of allylic oxidation sites excluding steroid dienone is 1. The average molecular weight is 202 g/mol. The van der Waals surface area contributed by atoms with E-state index in [0.717, 1.165) is 0 Å². The van der Waals surface area contributed by atoms with Crippen LogP contribution in [-0.2, 0) is 0 Å². The van der Waals surface area contributed by atoms with Gasteiger partial charge in [-0.25, -0.2) is 0 Å². The summed E-state index contributed by atoms with van der Waals surface area (Å²) in [5.41, 5.74) is 2.74. The molecule has 15 heavy (non-hydrogen) atoms. The number of rotatable bonds is 4. The standard InChI is InChI=1S/C15H22/c1-11(2)13(5)15(12(3)4)14-9-7-6-8-10-14/h6-12,15H,5H2,1-4H3. The number of hydrogen-bond acceptors (Lipinski definition) is 0. The first kappa shape index (κ1) is 12.0. The summed E-state index contributed by atoms with van der Waals surface area (Å²) in [7, 11) is 0. The summed E-state index contributed by atoms with van der Waals surface area (Å²) in [6.07, 6.45) is 0. The Bertz CT molecular complexity index is 306. The summed E-state index contributed by atoms with van der Waals surface area (Å²) in [4.78, 5) is 0. The Balaban J connectivity index is 2.99. The van der Waals surface area contributed by atoms with Crippen molar-refractivity contribution >= 4 is 0 Å². The summed E-state index contributed by atoms with van der Waals surface area (Å²) in [5.74, 6) is 1.66. The monoisotopic (exact) mass is 202 g/mol. The van der Waals surface area contributed by atoms with Crippen LogP contribution in [0.5, 0.6) is 0 Å². The van der Waals surface area contributed by atoms with E-state index in [1.165, 1.54) is 11.1 Å². The second-order valence-electron chi connectivity index (χ2n) is 4.86. The Morgan fingerprint density at radius 1 is 1.00 bits per heavy atom. The molecular weight excluding hydrogens is 180 g/mol. The van der Waals surface area contributed by atoms with Crippen LogP contribution in [0.1, 0.15) is 39.2 Å². The quantitative estimate of drug-likeness (QED) is 0.624. The lowest BCUT2D eigenvalue weighted by molar-refractivity contribution is 0.513. The highest BCUT2D eigenvalue weighted by atomic mass is 14.2. The van der Waals surface area contributed by atoms with Gasteiger partial charge >= 0.3 is 0 Å². The van der Waals surface area contributed by atoms with Crippen molar-refractivity contribution in [3.05, 3.63) is 48.0 Å². The summed E-state index contributed by atoms with van der Waals surface area (Å²) >= 11 is 0. The molecule has 0 aliphatic heterocycles. The van der Waals surface area contributed by atoms with E-state index in [0.29, 0.717) is 17.8 Å². The minimum absolute atomic E-state index is 0.492. The number of benzene rings is 1. The smallest absolute Gasteiger partial charge is 0.00710 e. The van der Waals surface area contributed by atoms with Gasteiger partial charge in [0.15, 0.2) is 0 Å². The lowest BCUT2D eigenvalue weighted by atomic mass is 9.79. The van der Waals surface area contributed by atoms with E-state index in [2.05, 4.69) is 64.6 Å². The molecule has 0 amide bonds. The largest absolute Gasteiger partial charge is 0.0990 e. The molecule has 0 heterocycles. The fraction of sp³-hybridized carbons (Fsp3) is 0.467. The van der Waals surface area contributed by atoms with Gasteiger partial charge in [0, 0.05) is 5.92 Å². The zero-order chi connectivity index (χ0) is 11.4. The maximum atomic E-state index is 4.25. The fourth-order valence-electron chi connectivity index (χ4n) is 2.05. The Labute approximate surface area is 94.0 Å². The molecule has 0 radical (unpaired) electrons. The normalized spacial score (nSPS) is 13.2. The van der Waals surface area contributed by atoms with Crippen molar-refractivity contribution in [3.8, 4) is 0 Å². The molecule has 1 aromatic carbocycles. The zero-order valence-corrected chi connectivity index (χ0v) is 10.3. The molecular formula is C15H22. The minimum Gasteiger partial charge on any atom is -0.0990 e. The summed E-state index contributed by atoms with van der Waals surface area (Å²) in [6.45, 7) is 13.2. The minimum atomic E-state index is 0.492. The van der Waals surface area contributed by atoms with Crippen molar-refractivity contribution in [2.45, 2.75) is 33.6 Å². The maximum absolute atomic E-state index is 4.25. The van der Waals surface area contributed by atoms with E-state index < -0.39 is 0 Å². The average Bonchev–Trinajstić information content (AvgIpc) is 2.18. The van der Waals surface area contributed by atoms with Gasteiger partial charge in [-0.15, -0.1) is 0 Å². The van der Waals surface area contributed by atoms with Crippen molar-refractivity contribution in [3.63, 3.8) is 0 Å². The Hall–Kier alpha value is -1.04. The fourth-order valence-corrected chi connectivity index (χ4v) is 2.05. The molecule has 0 aliphatic rings. The highest BCUT2D eigenvalue weighted by Crippen LogP contribution is 2.34. The Morgan fingerprint density at radius 2 is 1.53 bits per heavy atom. The van der Waals surface area contributed by atoms with Gasteiger partial charge in [0.05, 0.1) is 0 Å². The van der Waals surface area contributed by atoms with Crippen LogP contribution in [0, 0.1) is 11.8 Å². The van der Waals surface area contributed by atoms with Crippen LogP contribution in [0.2, 0.25) is 0 Å². The van der Waals surface area contributed by atoms with Gasteiger partial charge < -0.3 is 0 Å². The van der Waals surface area contributed by atoms with Crippen LogP contribution in [0.15, 0.2) is 42.5 Å². The zero-order valence-electron chi connectivity index (χ0n) is 10.3. The third-order valence-corrected chi connectivity index (χ3v) is 2.97. The molecule has 1 atom stereocenters. The molecule has 0 aliphatic carbocycles. The second-order valence-corrected chi connectivity index (χ2v) is 4.86. The van der Waals surface area contributed by atoms with Crippen LogP contribution in [0.4, 0.5) is 0 Å². The SMILES string of the molecule is C=C(C(C)C)C(c1ccccc1)C(C)C. The van der Waals surface area contributed by atoms with E-state index in [9.17, 15) is 0 Å². The highest BCUT2D eigenvalue weighted by Gasteiger charge is 2.20. The Kier molecular flexibility index (Phi) is 4.14. The van der Waals surface area contributed by atoms with Gasteiger partial charge in [-0.05, 0) is 17.4 Å². The molecule has 1 aromatic rings. The topological polar surface area (TPSA) is 0 Å². The summed E-state index contributed by atoms with van der Waals surface area (Å²) in [5, 5.41) is 0. The lowest BCUT2D eigenvalue weighted by Crippen LogP contribution is -2.12. The molecule has 1 rings (SSSR count). The van der Waals surface area contributed by atoms with Gasteiger partial charge in [-0.2, -0.15) is 0 Å². The summed E-state index contributed by atoms with van der Waals surface area (Å²) in [6, 6.07) is 10.7. The molecule has 0 spiro atoms. The molecule has 0 saturated heterocycles. The summed E-state index contributed by atoms with van der Waals surface area (Å²) < 4.78 is 0.